The van der Waals surface area contributed by atoms with Crippen LogP contribution in [-0.2, 0) is 47.4 Å². The molecule has 0 bridgehead atoms. The molecule has 61 heavy (non-hydrogen) atoms. The summed E-state index contributed by atoms with van der Waals surface area (Å²) in [6.07, 6.45) is -43.9. The van der Waals surface area contributed by atoms with Crippen LogP contribution in [0, 0.1) is 0 Å². The number of rotatable bonds is 17. The van der Waals surface area contributed by atoms with E-state index in [1.165, 1.54) is 0 Å². The van der Waals surface area contributed by atoms with Crippen molar-refractivity contribution in [2.75, 3.05) is 46.2 Å². The summed E-state index contributed by atoms with van der Waals surface area (Å²) in [5, 5.41) is 169. The van der Waals surface area contributed by atoms with E-state index in [-0.39, 0.29) is 13.2 Å². The van der Waals surface area contributed by atoms with Gasteiger partial charge in [-0.25, -0.2) is 0 Å². The van der Waals surface area contributed by atoms with Gasteiger partial charge in [0, 0.05) is 6.42 Å². The molecule has 0 aliphatic carbocycles. The van der Waals surface area contributed by atoms with Crippen LogP contribution in [0.25, 0.3) is 0 Å². The molecule has 0 amide bonds. The maximum Gasteiger partial charge on any atom is 0.187 e. The van der Waals surface area contributed by atoms with Crippen LogP contribution in [0.2, 0.25) is 0 Å². The second kappa shape index (κ2) is 22.9. The van der Waals surface area contributed by atoms with Gasteiger partial charge in [-0.05, 0) is 13.0 Å². The summed E-state index contributed by atoms with van der Waals surface area (Å²) in [7, 11) is 0. The highest BCUT2D eigenvalue weighted by molar-refractivity contribution is 4.98. The summed E-state index contributed by atoms with van der Waals surface area (Å²) < 4.78 is 55.9. The van der Waals surface area contributed by atoms with Crippen LogP contribution in [0.5, 0.6) is 0 Å². The number of aliphatic hydroxyl groups is 16. The zero-order valence-corrected chi connectivity index (χ0v) is 32.6. The molecular formula is C34H61NO26. The lowest BCUT2D eigenvalue weighted by Crippen LogP contribution is -2.67. The van der Waals surface area contributed by atoms with Crippen LogP contribution in [-0.4, -0.2) is 281 Å². The molecule has 18 N–H and O–H groups in total. The van der Waals surface area contributed by atoms with Crippen molar-refractivity contribution in [3.05, 3.63) is 0 Å². The second-order valence-electron chi connectivity index (χ2n) is 15.3. The van der Waals surface area contributed by atoms with Crippen molar-refractivity contribution < 1.29 is 129 Å². The minimum atomic E-state index is -2.10. The van der Waals surface area contributed by atoms with E-state index in [4.69, 9.17) is 53.1 Å². The lowest BCUT2D eigenvalue weighted by molar-refractivity contribution is -0.385. The molecule has 5 saturated heterocycles. The minimum absolute atomic E-state index is 0.0534. The van der Waals surface area contributed by atoms with Gasteiger partial charge in [0.25, 0.3) is 0 Å². The molecule has 5 fully saturated rings. The summed E-state index contributed by atoms with van der Waals surface area (Å²) in [4.78, 5) is 0. The van der Waals surface area contributed by atoms with Crippen LogP contribution in [0.15, 0.2) is 0 Å². The molecule has 0 saturated carbocycles. The summed E-state index contributed by atoms with van der Waals surface area (Å²) in [5.41, 5.74) is 5.44. The second-order valence-corrected chi connectivity index (χ2v) is 15.3. The van der Waals surface area contributed by atoms with Gasteiger partial charge in [-0.1, -0.05) is 0 Å². The zero-order chi connectivity index (χ0) is 44.9. The van der Waals surface area contributed by atoms with Gasteiger partial charge in [-0.2, -0.15) is 0 Å². The van der Waals surface area contributed by atoms with Gasteiger partial charge in [-0.3, -0.25) is 0 Å². The van der Waals surface area contributed by atoms with Crippen molar-refractivity contribution in [3.63, 3.8) is 0 Å². The molecule has 0 aromatic rings. The molecule has 25 atom stereocenters. The van der Waals surface area contributed by atoms with E-state index in [2.05, 4.69) is 0 Å². The first-order valence-electron chi connectivity index (χ1n) is 19.8. The Hall–Kier alpha value is -1.08. The molecule has 358 valence electrons. The van der Waals surface area contributed by atoms with E-state index in [9.17, 15) is 81.7 Å². The lowest BCUT2D eigenvalue weighted by atomic mass is 9.96. The average molecular weight is 900 g/mol. The monoisotopic (exact) mass is 899 g/mol. The van der Waals surface area contributed by atoms with Crippen molar-refractivity contribution >= 4 is 0 Å². The molecule has 27 heteroatoms. The lowest BCUT2D eigenvalue weighted by Gasteiger charge is -2.48. The van der Waals surface area contributed by atoms with Gasteiger partial charge >= 0.3 is 0 Å². The van der Waals surface area contributed by atoms with Gasteiger partial charge in [-0.15, -0.1) is 0 Å². The third-order valence-corrected chi connectivity index (χ3v) is 11.1. The zero-order valence-electron chi connectivity index (χ0n) is 32.6. The number of hydrogen-bond donors (Lipinski definition) is 17. The van der Waals surface area contributed by atoms with Crippen molar-refractivity contribution in [2.24, 2.45) is 5.73 Å². The number of hydrogen-bond acceptors (Lipinski definition) is 27. The summed E-state index contributed by atoms with van der Waals surface area (Å²) in [6.45, 7) is -4.07. The molecule has 5 aliphatic heterocycles. The normalized spacial score (nSPS) is 50.0. The van der Waals surface area contributed by atoms with Crippen LogP contribution in [0.4, 0.5) is 0 Å². The van der Waals surface area contributed by atoms with Crippen LogP contribution in [0.3, 0.4) is 0 Å². The average Bonchev–Trinajstić information content (AvgIpc) is 3.36. The molecular weight excluding hydrogens is 838 g/mol. The summed E-state index contributed by atoms with van der Waals surface area (Å²) in [5.74, 6) is 0. The Balaban J connectivity index is 1.22. The van der Waals surface area contributed by atoms with Crippen molar-refractivity contribution in [1.82, 2.24) is 0 Å². The molecule has 15 unspecified atom stereocenters. The first kappa shape index (κ1) is 50.9. The maximum absolute atomic E-state index is 11.2. The van der Waals surface area contributed by atoms with E-state index in [1.807, 2.05) is 0 Å². The highest BCUT2D eigenvalue weighted by Crippen LogP contribution is 2.35. The Kier molecular flexibility index (Phi) is 19.1. The van der Waals surface area contributed by atoms with Crippen molar-refractivity contribution in [1.29, 1.82) is 0 Å². The Labute approximate surface area is 347 Å². The quantitative estimate of drug-likeness (QED) is 0.0603. The largest absolute Gasteiger partial charge is 0.394 e. The van der Waals surface area contributed by atoms with Crippen LogP contribution < -0.4 is 5.73 Å². The first-order valence-corrected chi connectivity index (χ1v) is 19.8. The molecule has 0 aromatic heterocycles. The van der Waals surface area contributed by atoms with Crippen LogP contribution >= 0.6 is 0 Å². The molecule has 5 rings (SSSR count). The van der Waals surface area contributed by atoms with Gasteiger partial charge in [0.05, 0.1) is 45.7 Å². The number of aliphatic hydroxyl groups excluding tert-OH is 16. The fourth-order valence-corrected chi connectivity index (χ4v) is 7.64. The first-order chi connectivity index (χ1) is 29.0. The fraction of sp³-hybridized carbons (Fsp3) is 1.00. The molecule has 0 radical (unpaired) electrons. The smallest absolute Gasteiger partial charge is 0.187 e. The molecule has 5 heterocycles. The fourth-order valence-electron chi connectivity index (χ4n) is 7.64. The predicted octanol–water partition coefficient (Wildman–Crippen LogP) is -11.2. The van der Waals surface area contributed by atoms with E-state index in [0.717, 1.165) is 0 Å². The molecule has 5 aliphatic rings. The number of ether oxygens (including phenoxy) is 10. The topological polar surface area (TPSA) is 442 Å². The number of nitrogens with two attached hydrogens (primary N) is 1. The third kappa shape index (κ3) is 11.3. The molecule has 27 nitrogen and oxygen atoms in total. The van der Waals surface area contributed by atoms with Crippen molar-refractivity contribution in [2.45, 2.75) is 166 Å². The van der Waals surface area contributed by atoms with E-state index >= 15 is 0 Å². The standard InChI is InChI=1S/C34H61NO26/c35-2-1-3-52-31-23(49)19(45)28(14(7-38)55-31)60-34-25(51)21(47)29(16(9-40)57-34)61-33-24(50)20(46)27(15(8-39)56-33)59-30-11(42)4-10(41)26(13(6-37)54-30)58-32-22(48)18(44)17(43)12(5-36)53-32/h10-34,36-51H,1-9,35H2/t10?,11?,12?,13?,14?,15?,16?,17-,18?,19?,20?,21?,22?,23?,24?,25?,26-,27-,28+,29-,30-,31+,32-,33+,34-/m1/s1. The van der Waals surface area contributed by atoms with Crippen LogP contribution in [0.1, 0.15) is 12.8 Å². The molecule has 0 aromatic carbocycles. The van der Waals surface area contributed by atoms with E-state index in [0.29, 0.717) is 6.42 Å². The van der Waals surface area contributed by atoms with Gasteiger partial charge in [0.2, 0.25) is 0 Å². The summed E-state index contributed by atoms with van der Waals surface area (Å²) in [6, 6.07) is 0. The minimum Gasteiger partial charge on any atom is -0.394 e. The SMILES string of the molecule is NCCCO[C@H]1OC(CO)[C@H](O[C@H]2OC(CO)[C@@H](O[C@@H]3OC(CO)[C@@H](O[C@H]4OC(CO)[C@H](O[C@H]5OC(CO)[C@@H](O)C(O)C5O)C(O)CC4O)C(O)C3O)C(O)C2O)C(O)C1O. The third-order valence-electron chi connectivity index (χ3n) is 11.1. The highest BCUT2D eigenvalue weighted by atomic mass is 16.8. The van der Waals surface area contributed by atoms with E-state index < -0.39 is 193 Å². The predicted molar refractivity (Wildman–Crippen MR) is 189 cm³/mol. The molecule has 0 spiro atoms. The Morgan fingerprint density at radius 1 is 0.377 bits per heavy atom. The Morgan fingerprint density at radius 3 is 1.16 bits per heavy atom. The maximum atomic E-state index is 11.2. The Bertz CT molecular complexity index is 1290. The van der Waals surface area contributed by atoms with E-state index in [1.54, 1.807) is 0 Å². The summed E-state index contributed by atoms with van der Waals surface area (Å²) >= 11 is 0. The van der Waals surface area contributed by atoms with Gasteiger partial charge < -0.3 is 135 Å². The van der Waals surface area contributed by atoms with Gasteiger partial charge in [0.15, 0.2) is 31.5 Å². The highest BCUT2D eigenvalue weighted by Gasteiger charge is 2.55. The van der Waals surface area contributed by atoms with Gasteiger partial charge in [0.1, 0.15) is 116 Å². The van der Waals surface area contributed by atoms with Crippen molar-refractivity contribution in [3.8, 4) is 0 Å². The Morgan fingerprint density at radius 2 is 0.721 bits per heavy atom.